The third kappa shape index (κ3) is 4.53. The number of methoxy groups -OCH3 is 2. The first kappa shape index (κ1) is 17.4. The Hall–Kier alpha value is -1.91. The van der Waals surface area contributed by atoms with Crippen molar-refractivity contribution in [3.05, 3.63) is 23.8 Å². The Balaban J connectivity index is 1.91. The molecule has 0 spiro atoms. The van der Waals surface area contributed by atoms with Crippen molar-refractivity contribution in [3.8, 4) is 11.5 Å². The number of benzene rings is 1. The van der Waals surface area contributed by atoms with Crippen molar-refractivity contribution in [2.45, 2.75) is 38.5 Å². The molecule has 0 aliphatic heterocycles. The number of carbonyl (C=O) groups excluding carboxylic acids is 1. The number of hydrogen-bond donors (Lipinski definition) is 2. The molecule has 23 heavy (non-hydrogen) atoms. The van der Waals surface area contributed by atoms with Gasteiger partial charge in [0.25, 0.3) is 0 Å². The zero-order valence-corrected chi connectivity index (χ0v) is 14.6. The van der Waals surface area contributed by atoms with E-state index in [1.165, 1.54) is 5.56 Å². The van der Waals surface area contributed by atoms with Gasteiger partial charge in [0.05, 0.1) is 14.2 Å². The normalized spacial score (nSPS) is 15.2. The van der Waals surface area contributed by atoms with Crippen molar-refractivity contribution in [2.75, 3.05) is 27.3 Å². The Morgan fingerprint density at radius 3 is 2.43 bits per heavy atom. The highest BCUT2D eigenvalue weighted by atomic mass is 16.5. The molecule has 0 aromatic heterocycles. The SMILES string of the molecule is COc1ccc(C2(CNC(=O)NCCC(C)C)CC2)cc1OC. The Bertz CT molecular complexity index is 539. The van der Waals surface area contributed by atoms with Gasteiger partial charge in [-0.2, -0.15) is 0 Å². The van der Waals surface area contributed by atoms with Gasteiger partial charge < -0.3 is 20.1 Å². The molecule has 2 N–H and O–H groups in total. The maximum atomic E-state index is 11.9. The second-order valence-corrected chi connectivity index (χ2v) is 6.64. The van der Waals surface area contributed by atoms with Crippen molar-refractivity contribution in [2.24, 2.45) is 5.92 Å². The first-order valence-corrected chi connectivity index (χ1v) is 8.25. The summed E-state index contributed by atoms with van der Waals surface area (Å²) < 4.78 is 10.7. The van der Waals surface area contributed by atoms with E-state index in [1.54, 1.807) is 14.2 Å². The Morgan fingerprint density at radius 2 is 1.87 bits per heavy atom. The molecule has 0 saturated heterocycles. The zero-order chi connectivity index (χ0) is 16.9. The average molecular weight is 320 g/mol. The van der Waals surface area contributed by atoms with E-state index in [0.717, 1.165) is 30.8 Å². The quantitative estimate of drug-likeness (QED) is 0.774. The molecule has 2 rings (SSSR count). The predicted octanol–water partition coefficient (Wildman–Crippen LogP) is 3.08. The van der Waals surface area contributed by atoms with E-state index in [0.29, 0.717) is 19.0 Å². The second-order valence-electron chi connectivity index (χ2n) is 6.64. The Kier molecular flexibility index (Phi) is 5.74. The molecule has 1 aromatic rings. The van der Waals surface area contributed by atoms with Gasteiger partial charge in [-0.05, 0) is 42.9 Å². The fourth-order valence-electron chi connectivity index (χ4n) is 2.67. The molecule has 2 amide bonds. The standard InChI is InChI=1S/C18H28N2O3/c1-13(2)7-10-19-17(21)20-12-18(8-9-18)14-5-6-15(22-3)16(11-14)23-4/h5-6,11,13H,7-10,12H2,1-4H3,(H2,19,20,21). The Morgan fingerprint density at radius 1 is 1.17 bits per heavy atom. The molecule has 1 fully saturated rings. The van der Waals surface area contributed by atoms with Gasteiger partial charge in [0.15, 0.2) is 11.5 Å². The summed E-state index contributed by atoms with van der Waals surface area (Å²) in [6.07, 6.45) is 3.15. The third-order valence-electron chi connectivity index (χ3n) is 4.44. The first-order chi connectivity index (χ1) is 11.0. The van der Waals surface area contributed by atoms with Crippen LogP contribution in [0.2, 0.25) is 0 Å². The maximum absolute atomic E-state index is 11.9. The van der Waals surface area contributed by atoms with E-state index in [-0.39, 0.29) is 11.4 Å². The van der Waals surface area contributed by atoms with Crippen molar-refractivity contribution in [1.29, 1.82) is 0 Å². The Labute approximate surface area is 138 Å². The summed E-state index contributed by atoms with van der Waals surface area (Å²) in [6, 6.07) is 5.92. The van der Waals surface area contributed by atoms with Gasteiger partial charge in [-0.25, -0.2) is 4.79 Å². The van der Waals surface area contributed by atoms with Gasteiger partial charge in [-0.1, -0.05) is 19.9 Å². The minimum atomic E-state index is -0.0857. The molecule has 5 nitrogen and oxygen atoms in total. The third-order valence-corrected chi connectivity index (χ3v) is 4.44. The summed E-state index contributed by atoms with van der Waals surface area (Å²) in [6.45, 7) is 5.66. The molecule has 0 unspecified atom stereocenters. The monoisotopic (exact) mass is 320 g/mol. The van der Waals surface area contributed by atoms with E-state index >= 15 is 0 Å². The van der Waals surface area contributed by atoms with Crippen LogP contribution in [0.15, 0.2) is 18.2 Å². The first-order valence-electron chi connectivity index (χ1n) is 8.25. The lowest BCUT2D eigenvalue weighted by Gasteiger charge is -2.19. The lowest BCUT2D eigenvalue weighted by atomic mass is 9.95. The van der Waals surface area contributed by atoms with Crippen LogP contribution in [0.25, 0.3) is 0 Å². The molecule has 0 heterocycles. The van der Waals surface area contributed by atoms with Gasteiger partial charge in [-0.3, -0.25) is 0 Å². The predicted molar refractivity (Wildman–Crippen MR) is 91.3 cm³/mol. The van der Waals surface area contributed by atoms with E-state index in [1.807, 2.05) is 12.1 Å². The summed E-state index contributed by atoms with van der Waals surface area (Å²) in [7, 11) is 3.27. The number of carbonyl (C=O) groups is 1. The van der Waals surface area contributed by atoms with Crippen LogP contribution < -0.4 is 20.1 Å². The van der Waals surface area contributed by atoms with Crippen LogP contribution in [0.5, 0.6) is 11.5 Å². The summed E-state index contributed by atoms with van der Waals surface area (Å²) in [5.41, 5.74) is 1.23. The van der Waals surface area contributed by atoms with Gasteiger partial charge in [0.2, 0.25) is 0 Å². The van der Waals surface area contributed by atoms with Gasteiger partial charge >= 0.3 is 6.03 Å². The van der Waals surface area contributed by atoms with Crippen LogP contribution in [0.3, 0.4) is 0 Å². The number of hydrogen-bond acceptors (Lipinski definition) is 3. The molecule has 1 aromatic carbocycles. The average Bonchev–Trinajstić information content (AvgIpc) is 3.33. The highest BCUT2D eigenvalue weighted by molar-refractivity contribution is 5.74. The van der Waals surface area contributed by atoms with E-state index in [4.69, 9.17) is 9.47 Å². The van der Waals surface area contributed by atoms with E-state index < -0.39 is 0 Å². The minimum Gasteiger partial charge on any atom is -0.493 e. The topological polar surface area (TPSA) is 59.6 Å². The molecule has 1 aliphatic rings. The van der Waals surface area contributed by atoms with Crippen LogP contribution >= 0.6 is 0 Å². The highest BCUT2D eigenvalue weighted by Gasteiger charge is 2.44. The zero-order valence-electron chi connectivity index (χ0n) is 14.6. The van der Waals surface area contributed by atoms with E-state index in [2.05, 4.69) is 30.5 Å². The molecule has 128 valence electrons. The second kappa shape index (κ2) is 7.57. The minimum absolute atomic E-state index is 0.0366. The van der Waals surface area contributed by atoms with Crippen LogP contribution in [0.1, 0.15) is 38.7 Å². The lowest BCUT2D eigenvalue weighted by molar-refractivity contribution is 0.239. The van der Waals surface area contributed by atoms with Crippen molar-refractivity contribution < 1.29 is 14.3 Å². The van der Waals surface area contributed by atoms with Crippen molar-refractivity contribution >= 4 is 6.03 Å². The van der Waals surface area contributed by atoms with Crippen molar-refractivity contribution in [1.82, 2.24) is 10.6 Å². The van der Waals surface area contributed by atoms with Crippen LogP contribution in [0, 0.1) is 5.92 Å². The number of ether oxygens (including phenoxy) is 2. The number of rotatable bonds is 8. The lowest BCUT2D eigenvalue weighted by Crippen LogP contribution is -2.40. The van der Waals surface area contributed by atoms with Gasteiger partial charge in [-0.15, -0.1) is 0 Å². The van der Waals surface area contributed by atoms with Gasteiger partial charge in [0, 0.05) is 18.5 Å². The fraction of sp³-hybridized carbons (Fsp3) is 0.611. The molecular formula is C18H28N2O3. The van der Waals surface area contributed by atoms with Crippen LogP contribution in [-0.4, -0.2) is 33.3 Å². The van der Waals surface area contributed by atoms with Crippen LogP contribution in [0.4, 0.5) is 4.79 Å². The van der Waals surface area contributed by atoms with Gasteiger partial charge in [0.1, 0.15) is 0 Å². The molecular weight excluding hydrogens is 292 g/mol. The molecule has 5 heteroatoms. The number of nitrogens with one attached hydrogen (secondary N) is 2. The molecule has 0 radical (unpaired) electrons. The maximum Gasteiger partial charge on any atom is 0.314 e. The largest absolute Gasteiger partial charge is 0.493 e. The fourth-order valence-corrected chi connectivity index (χ4v) is 2.67. The highest BCUT2D eigenvalue weighted by Crippen LogP contribution is 2.49. The van der Waals surface area contributed by atoms with Crippen molar-refractivity contribution in [3.63, 3.8) is 0 Å². The summed E-state index contributed by atoms with van der Waals surface area (Å²) in [5.74, 6) is 2.06. The number of urea groups is 1. The molecule has 1 saturated carbocycles. The smallest absolute Gasteiger partial charge is 0.314 e. The van der Waals surface area contributed by atoms with E-state index in [9.17, 15) is 4.79 Å². The molecule has 0 atom stereocenters. The summed E-state index contributed by atoms with van der Waals surface area (Å²) in [5, 5.41) is 5.91. The summed E-state index contributed by atoms with van der Waals surface area (Å²) in [4.78, 5) is 11.9. The molecule has 1 aliphatic carbocycles. The number of amides is 2. The van der Waals surface area contributed by atoms with Crippen LogP contribution in [-0.2, 0) is 5.41 Å². The molecule has 0 bridgehead atoms. The summed E-state index contributed by atoms with van der Waals surface area (Å²) >= 11 is 0.